The third kappa shape index (κ3) is 2.26. The number of methoxy groups -OCH3 is 1. The van der Waals surface area contributed by atoms with E-state index in [1.807, 2.05) is 0 Å². The van der Waals surface area contributed by atoms with E-state index in [4.69, 9.17) is 4.42 Å². The summed E-state index contributed by atoms with van der Waals surface area (Å²) in [4.78, 5) is 16.0. The Balaban J connectivity index is 3.55. The topological polar surface area (TPSA) is 86.0 Å². The molecule has 1 heterocycles. The van der Waals surface area contributed by atoms with Crippen LogP contribution in [0.5, 0.6) is 0 Å². The Kier molecular flexibility index (Phi) is 4.15. The van der Waals surface area contributed by atoms with Crippen LogP contribution in [0.2, 0.25) is 0 Å². The van der Waals surface area contributed by atoms with Crippen LogP contribution >= 0.6 is 0 Å². The van der Waals surface area contributed by atoms with Crippen LogP contribution in [-0.4, -0.2) is 40.1 Å². The molecule has 0 atom stereocenters. The minimum Gasteiger partial charge on any atom is -0.465 e. The summed E-state index contributed by atoms with van der Waals surface area (Å²) in [5, 5.41) is 0. The van der Waals surface area contributed by atoms with Crippen molar-refractivity contribution in [3.63, 3.8) is 0 Å². The van der Waals surface area contributed by atoms with Gasteiger partial charge in [0, 0.05) is 7.05 Å². The molecule has 7 nitrogen and oxygen atoms in total. The number of carbonyl (C=O) groups is 1. The van der Waals surface area contributed by atoms with E-state index >= 15 is 0 Å². The highest BCUT2D eigenvalue weighted by molar-refractivity contribution is 7.89. The summed E-state index contributed by atoms with van der Waals surface area (Å²) < 4.78 is 34.7. The molecule has 102 valence electrons. The van der Waals surface area contributed by atoms with Gasteiger partial charge in [0.1, 0.15) is 22.0 Å². The molecule has 0 saturated carbocycles. The summed E-state index contributed by atoms with van der Waals surface area (Å²) in [6.07, 6.45) is 0. The molecule has 0 spiro atoms. The third-order valence-electron chi connectivity index (χ3n) is 2.45. The van der Waals surface area contributed by atoms with Crippen LogP contribution in [0.3, 0.4) is 0 Å². The maximum Gasteiger partial charge on any atom is 0.342 e. The number of carbonyl (C=O) groups excluding carboxylic acids is 1. The van der Waals surface area contributed by atoms with Gasteiger partial charge in [-0.25, -0.2) is 13.2 Å². The Morgan fingerprint density at radius 1 is 1.22 bits per heavy atom. The van der Waals surface area contributed by atoms with Crippen LogP contribution in [0.25, 0.3) is 0 Å². The molecule has 0 unspecified atom stereocenters. The number of hydrogen-bond donors (Lipinski definition) is 0. The lowest BCUT2D eigenvalue weighted by Crippen LogP contribution is -2.27. The van der Waals surface area contributed by atoms with E-state index < -0.39 is 16.0 Å². The van der Waals surface area contributed by atoms with Gasteiger partial charge >= 0.3 is 5.97 Å². The maximum atomic E-state index is 12.2. The molecule has 0 bridgehead atoms. The molecule has 0 amide bonds. The second kappa shape index (κ2) is 5.09. The number of hydroxylamine groups is 1. The van der Waals surface area contributed by atoms with Gasteiger partial charge < -0.3 is 9.15 Å². The standard InChI is InChI=1S/C10H15NO6S/c1-6-8(10(12)15-4)9(7(2)17-6)18(13,14)11(3)16-5/h1-5H3. The maximum absolute atomic E-state index is 12.2. The smallest absolute Gasteiger partial charge is 0.342 e. The lowest BCUT2D eigenvalue weighted by atomic mass is 10.2. The zero-order valence-corrected chi connectivity index (χ0v) is 11.6. The Morgan fingerprint density at radius 3 is 2.22 bits per heavy atom. The van der Waals surface area contributed by atoms with E-state index in [0.717, 1.165) is 0 Å². The molecule has 18 heavy (non-hydrogen) atoms. The molecule has 1 rings (SSSR count). The van der Waals surface area contributed by atoms with Crippen LogP contribution in [0.1, 0.15) is 21.9 Å². The molecule has 8 heteroatoms. The second-order valence-corrected chi connectivity index (χ2v) is 5.38. The Bertz CT molecular complexity index is 559. The minimum absolute atomic E-state index is 0.108. The average Bonchev–Trinajstić information content (AvgIpc) is 2.62. The molecular formula is C10H15NO6S. The molecule has 0 saturated heterocycles. The van der Waals surface area contributed by atoms with Crippen LogP contribution in [0, 0.1) is 13.8 Å². The summed E-state index contributed by atoms with van der Waals surface area (Å²) >= 11 is 0. The summed E-state index contributed by atoms with van der Waals surface area (Å²) in [6, 6.07) is 0. The molecule has 0 aliphatic heterocycles. The number of rotatable bonds is 4. The molecule has 0 aliphatic rings. The van der Waals surface area contributed by atoms with Crippen molar-refractivity contribution >= 4 is 16.0 Å². The van der Waals surface area contributed by atoms with Crippen molar-refractivity contribution in [2.24, 2.45) is 0 Å². The SMILES string of the molecule is COC(=O)c1c(C)oc(C)c1S(=O)(=O)N(C)OC. The summed E-state index contributed by atoms with van der Waals surface area (Å²) in [6.45, 7) is 2.95. The van der Waals surface area contributed by atoms with E-state index in [1.165, 1.54) is 35.1 Å². The van der Waals surface area contributed by atoms with Crippen LogP contribution < -0.4 is 0 Å². The van der Waals surface area contributed by atoms with E-state index in [9.17, 15) is 13.2 Å². The van der Waals surface area contributed by atoms with E-state index in [1.54, 1.807) is 0 Å². The van der Waals surface area contributed by atoms with Gasteiger partial charge in [-0.2, -0.15) is 0 Å². The van der Waals surface area contributed by atoms with Crippen LogP contribution in [0.15, 0.2) is 9.31 Å². The predicted octanol–water partition coefficient (Wildman–Crippen LogP) is 0.865. The van der Waals surface area contributed by atoms with Crippen molar-refractivity contribution in [3.8, 4) is 0 Å². The quantitative estimate of drug-likeness (QED) is 0.599. The van der Waals surface area contributed by atoms with Crippen molar-refractivity contribution in [3.05, 3.63) is 17.1 Å². The van der Waals surface area contributed by atoms with Crippen molar-refractivity contribution < 1.29 is 27.2 Å². The lowest BCUT2D eigenvalue weighted by molar-refractivity contribution is -0.0259. The van der Waals surface area contributed by atoms with Crippen LogP contribution in [0.4, 0.5) is 0 Å². The largest absolute Gasteiger partial charge is 0.465 e. The fraction of sp³-hybridized carbons (Fsp3) is 0.500. The molecular weight excluding hydrogens is 262 g/mol. The minimum atomic E-state index is -3.97. The third-order valence-corrected chi connectivity index (χ3v) is 4.28. The summed E-state index contributed by atoms with van der Waals surface area (Å²) in [5.74, 6) is -0.480. The zero-order chi connectivity index (χ0) is 14.1. The van der Waals surface area contributed by atoms with Crippen molar-refractivity contribution in [1.29, 1.82) is 0 Å². The van der Waals surface area contributed by atoms with E-state index in [0.29, 0.717) is 4.47 Å². The highest BCUT2D eigenvalue weighted by Gasteiger charge is 2.34. The molecule has 0 N–H and O–H groups in total. The number of sulfonamides is 1. The average molecular weight is 277 g/mol. The predicted molar refractivity (Wildman–Crippen MR) is 61.5 cm³/mol. The van der Waals surface area contributed by atoms with Gasteiger partial charge in [-0.1, -0.05) is 4.47 Å². The Hall–Kier alpha value is -1.38. The van der Waals surface area contributed by atoms with E-state index in [-0.39, 0.29) is 22.0 Å². The first kappa shape index (κ1) is 14.7. The molecule has 0 fully saturated rings. The Morgan fingerprint density at radius 2 is 1.78 bits per heavy atom. The second-order valence-electron chi connectivity index (χ2n) is 3.51. The first-order valence-corrected chi connectivity index (χ1v) is 6.42. The first-order chi connectivity index (χ1) is 8.27. The molecule has 1 aromatic rings. The number of nitrogens with zero attached hydrogens (tertiary/aromatic N) is 1. The van der Waals surface area contributed by atoms with Gasteiger partial charge in [0.05, 0.1) is 14.2 Å². The number of furan rings is 1. The monoisotopic (exact) mass is 277 g/mol. The highest BCUT2D eigenvalue weighted by Crippen LogP contribution is 2.29. The molecule has 1 aromatic heterocycles. The number of esters is 1. The fourth-order valence-electron chi connectivity index (χ4n) is 1.54. The van der Waals surface area contributed by atoms with Gasteiger partial charge in [0.15, 0.2) is 0 Å². The Labute approximate surface area is 105 Å². The summed E-state index contributed by atoms with van der Waals surface area (Å²) in [7, 11) is -0.375. The summed E-state index contributed by atoms with van der Waals surface area (Å²) in [5.41, 5.74) is -0.112. The molecule has 0 aliphatic carbocycles. The van der Waals surface area contributed by atoms with Gasteiger partial charge in [-0.3, -0.25) is 4.84 Å². The van der Waals surface area contributed by atoms with Gasteiger partial charge in [-0.15, -0.1) is 0 Å². The van der Waals surface area contributed by atoms with Crippen molar-refractivity contribution in [2.75, 3.05) is 21.3 Å². The number of ether oxygens (including phenoxy) is 1. The fourth-order valence-corrected chi connectivity index (χ4v) is 2.88. The van der Waals surface area contributed by atoms with E-state index in [2.05, 4.69) is 9.57 Å². The van der Waals surface area contributed by atoms with Crippen LogP contribution in [-0.2, 0) is 19.6 Å². The van der Waals surface area contributed by atoms with Gasteiger partial charge in [-0.05, 0) is 13.8 Å². The number of aryl methyl sites for hydroxylation is 2. The first-order valence-electron chi connectivity index (χ1n) is 4.98. The van der Waals surface area contributed by atoms with Gasteiger partial charge in [0.25, 0.3) is 10.0 Å². The molecule has 0 radical (unpaired) electrons. The lowest BCUT2D eigenvalue weighted by Gasteiger charge is -2.14. The van der Waals surface area contributed by atoms with Gasteiger partial charge in [0.2, 0.25) is 0 Å². The van der Waals surface area contributed by atoms with Crippen molar-refractivity contribution in [1.82, 2.24) is 4.47 Å². The zero-order valence-electron chi connectivity index (χ0n) is 10.8. The normalized spacial score (nSPS) is 11.9. The highest BCUT2D eigenvalue weighted by atomic mass is 32.2. The number of hydrogen-bond acceptors (Lipinski definition) is 6. The van der Waals surface area contributed by atoms with Crippen molar-refractivity contribution in [2.45, 2.75) is 18.7 Å². The molecule has 0 aromatic carbocycles.